The van der Waals surface area contributed by atoms with Gasteiger partial charge in [-0.3, -0.25) is 0 Å². The molecule has 0 aromatic heterocycles. The summed E-state index contributed by atoms with van der Waals surface area (Å²) in [5.41, 5.74) is 4.32. The third-order valence-corrected chi connectivity index (χ3v) is 6.12. The molecule has 2 aromatic carbocycles. The summed E-state index contributed by atoms with van der Waals surface area (Å²) in [5.74, 6) is 1.37. The standard InChI is InChI=1S/C20H21Cl2N/c1-23-12-19-17-8-6-16(22)11-14(17)5-7-18(19)20(23)10-13-3-2-4-15(21)9-13/h2-4,6,8-9,11,18-20H,5,7,10,12H2,1H3/t18?,19-,20+/m0/s1. The quantitative estimate of drug-likeness (QED) is 0.723. The summed E-state index contributed by atoms with van der Waals surface area (Å²) in [4.78, 5) is 2.54. The fourth-order valence-corrected chi connectivity index (χ4v) is 4.99. The van der Waals surface area contributed by atoms with Crippen LogP contribution in [0.4, 0.5) is 0 Å². The molecule has 0 saturated carbocycles. The van der Waals surface area contributed by atoms with Crippen molar-refractivity contribution in [1.82, 2.24) is 4.90 Å². The number of halogens is 2. The van der Waals surface area contributed by atoms with Crippen molar-refractivity contribution in [3.8, 4) is 0 Å². The van der Waals surface area contributed by atoms with Crippen molar-refractivity contribution < 1.29 is 0 Å². The molecule has 1 fully saturated rings. The van der Waals surface area contributed by atoms with Crippen molar-refractivity contribution in [2.45, 2.75) is 31.2 Å². The van der Waals surface area contributed by atoms with E-state index in [1.165, 1.54) is 23.1 Å². The minimum absolute atomic E-state index is 0.599. The molecule has 3 atom stereocenters. The van der Waals surface area contributed by atoms with Gasteiger partial charge in [-0.25, -0.2) is 0 Å². The minimum Gasteiger partial charge on any atom is -0.302 e. The summed E-state index contributed by atoms with van der Waals surface area (Å²) in [6.07, 6.45) is 3.49. The van der Waals surface area contributed by atoms with E-state index in [9.17, 15) is 0 Å². The molecule has 1 saturated heterocycles. The van der Waals surface area contributed by atoms with Crippen molar-refractivity contribution in [2.75, 3.05) is 13.6 Å². The Morgan fingerprint density at radius 3 is 2.74 bits per heavy atom. The van der Waals surface area contributed by atoms with E-state index in [1.54, 1.807) is 0 Å². The molecule has 1 heterocycles. The lowest BCUT2D eigenvalue weighted by atomic mass is 9.73. The Bertz CT molecular complexity index is 727. The van der Waals surface area contributed by atoms with Gasteiger partial charge in [0, 0.05) is 28.5 Å². The van der Waals surface area contributed by atoms with E-state index in [2.05, 4.69) is 42.3 Å². The number of hydrogen-bond donors (Lipinski definition) is 0. The average Bonchev–Trinajstić information content (AvgIpc) is 2.83. The Hall–Kier alpha value is -1.02. The topological polar surface area (TPSA) is 3.24 Å². The molecular formula is C20H21Cl2N. The van der Waals surface area contributed by atoms with Gasteiger partial charge in [-0.1, -0.05) is 41.4 Å². The molecule has 23 heavy (non-hydrogen) atoms. The highest BCUT2D eigenvalue weighted by molar-refractivity contribution is 6.30. The highest BCUT2D eigenvalue weighted by Crippen LogP contribution is 2.45. The second-order valence-electron chi connectivity index (χ2n) is 6.99. The number of hydrogen-bond acceptors (Lipinski definition) is 1. The van der Waals surface area contributed by atoms with Gasteiger partial charge in [0.15, 0.2) is 0 Å². The van der Waals surface area contributed by atoms with Gasteiger partial charge in [-0.2, -0.15) is 0 Å². The van der Waals surface area contributed by atoms with Crippen LogP contribution in [0, 0.1) is 5.92 Å². The third-order valence-electron chi connectivity index (χ3n) is 5.65. The maximum atomic E-state index is 6.18. The van der Waals surface area contributed by atoms with Crippen LogP contribution in [0.2, 0.25) is 10.0 Å². The van der Waals surface area contributed by atoms with Gasteiger partial charge in [0.05, 0.1) is 0 Å². The van der Waals surface area contributed by atoms with Crippen LogP contribution >= 0.6 is 23.2 Å². The number of benzene rings is 2. The molecule has 3 heteroatoms. The summed E-state index contributed by atoms with van der Waals surface area (Å²) in [6, 6.07) is 15.4. The number of aryl methyl sites for hydroxylation is 1. The Morgan fingerprint density at radius 1 is 1.09 bits per heavy atom. The first-order valence-corrected chi connectivity index (χ1v) is 9.10. The van der Waals surface area contributed by atoms with Crippen molar-refractivity contribution in [3.63, 3.8) is 0 Å². The Balaban J connectivity index is 1.61. The summed E-state index contributed by atoms with van der Waals surface area (Å²) in [5, 5.41) is 1.70. The second-order valence-corrected chi connectivity index (χ2v) is 7.87. The molecule has 1 nitrogen and oxygen atoms in total. The van der Waals surface area contributed by atoms with Crippen molar-refractivity contribution in [2.24, 2.45) is 5.92 Å². The van der Waals surface area contributed by atoms with E-state index in [0.717, 1.165) is 35.3 Å². The van der Waals surface area contributed by atoms with Crippen molar-refractivity contribution >= 4 is 23.2 Å². The fourth-order valence-electron chi connectivity index (χ4n) is 4.59. The first-order chi connectivity index (χ1) is 11.1. The van der Waals surface area contributed by atoms with Crippen LogP contribution < -0.4 is 0 Å². The molecule has 2 aliphatic rings. The molecule has 1 unspecified atom stereocenters. The van der Waals surface area contributed by atoms with Crippen LogP contribution in [0.1, 0.15) is 29.0 Å². The molecule has 1 aliphatic heterocycles. The van der Waals surface area contributed by atoms with Gasteiger partial charge < -0.3 is 4.90 Å². The Labute approximate surface area is 148 Å². The summed E-state index contributed by atoms with van der Waals surface area (Å²) >= 11 is 12.3. The zero-order valence-corrected chi connectivity index (χ0v) is 14.8. The summed E-state index contributed by atoms with van der Waals surface area (Å²) in [6.45, 7) is 1.14. The van der Waals surface area contributed by atoms with Crippen LogP contribution in [0.3, 0.4) is 0 Å². The van der Waals surface area contributed by atoms with Gasteiger partial charge in [-0.15, -0.1) is 0 Å². The lowest BCUT2D eigenvalue weighted by molar-refractivity contribution is 0.259. The fraction of sp³-hybridized carbons (Fsp3) is 0.400. The van der Waals surface area contributed by atoms with Gasteiger partial charge in [0.1, 0.15) is 0 Å². The molecule has 1 aliphatic carbocycles. The summed E-state index contributed by atoms with van der Waals surface area (Å²) in [7, 11) is 2.27. The highest BCUT2D eigenvalue weighted by atomic mass is 35.5. The molecule has 0 amide bonds. The molecule has 0 bridgehead atoms. The Morgan fingerprint density at radius 2 is 1.91 bits per heavy atom. The molecule has 0 N–H and O–H groups in total. The second kappa shape index (κ2) is 6.12. The van der Waals surface area contributed by atoms with Crippen LogP contribution in [0.25, 0.3) is 0 Å². The van der Waals surface area contributed by atoms with Crippen LogP contribution in [0.5, 0.6) is 0 Å². The Kier molecular flexibility index (Phi) is 4.13. The smallest absolute Gasteiger partial charge is 0.0408 e. The number of likely N-dealkylation sites (tertiary alicyclic amines) is 1. The van der Waals surface area contributed by atoms with Crippen LogP contribution in [-0.2, 0) is 12.8 Å². The lowest BCUT2D eigenvalue weighted by Crippen LogP contribution is -2.32. The zero-order valence-electron chi connectivity index (χ0n) is 13.3. The molecule has 120 valence electrons. The molecule has 0 radical (unpaired) electrons. The van der Waals surface area contributed by atoms with Crippen LogP contribution in [0.15, 0.2) is 42.5 Å². The largest absolute Gasteiger partial charge is 0.302 e. The monoisotopic (exact) mass is 345 g/mol. The highest BCUT2D eigenvalue weighted by Gasteiger charge is 2.42. The first-order valence-electron chi connectivity index (χ1n) is 8.35. The number of rotatable bonds is 2. The molecule has 2 aromatic rings. The lowest BCUT2D eigenvalue weighted by Gasteiger charge is -2.31. The predicted molar refractivity (Wildman–Crippen MR) is 97.6 cm³/mol. The van der Waals surface area contributed by atoms with E-state index < -0.39 is 0 Å². The predicted octanol–water partition coefficient (Wildman–Crippen LogP) is 5.20. The van der Waals surface area contributed by atoms with Crippen molar-refractivity contribution in [3.05, 3.63) is 69.2 Å². The molecule has 0 spiro atoms. The maximum Gasteiger partial charge on any atom is 0.0408 e. The van der Waals surface area contributed by atoms with E-state index >= 15 is 0 Å². The van der Waals surface area contributed by atoms with E-state index in [4.69, 9.17) is 23.2 Å². The van der Waals surface area contributed by atoms with Gasteiger partial charge >= 0.3 is 0 Å². The SMILES string of the molecule is CN1C[C@H]2c3ccc(Cl)cc3CCC2[C@H]1Cc1cccc(Cl)c1. The van der Waals surface area contributed by atoms with Crippen LogP contribution in [-0.4, -0.2) is 24.5 Å². The molecular weight excluding hydrogens is 325 g/mol. The van der Waals surface area contributed by atoms with E-state index in [-0.39, 0.29) is 0 Å². The number of fused-ring (bicyclic) bond motifs is 3. The number of likely N-dealkylation sites (N-methyl/N-ethyl adjacent to an activating group) is 1. The average molecular weight is 346 g/mol. The van der Waals surface area contributed by atoms with Gasteiger partial charge in [0.25, 0.3) is 0 Å². The third kappa shape index (κ3) is 2.91. The molecule has 4 rings (SSSR count). The zero-order chi connectivity index (χ0) is 16.0. The summed E-state index contributed by atoms with van der Waals surface area (Å²) < 4.78 is 0. The maximum absolute atomic E-state index is 6.18. The van der Waals surface area contributed by atoms with Crippen molar-refractivity contribution in [1.29, 1.82) is 0 Å². The van der Waals surface area contributed by atoms with Gasteiger partial charge in [0.2, 0.25) is 0 Å². The first kappa shape index (κ1) is 15.5. The number of nitrogens with zero attached hydrogens (tertiary/aromatic N) is 1. The van der Waals surface area contributed by atoms with Gasteiger partial charge in [-0.05, 0) is 73.2 Å². The normalized spacial score (nSPS) is 26.8. The van der Waals surface area contributed by atoms with E-state index in [0.29, 0.717) is 12.0 Å². The van der Waals surface area contributed by atoms with E-state index in [1.807, 2.05) is 12.1 Å². The minimum atomic E-state index is 0.599.